The molecule has 0 saturated heterocycles. The fourth-order valence-corrected chi connectivity index (χ4v) is 2.30. The van der Waals surface area contributed by atoms with E-state index >= 15 is 0 Å². The number of aryl methyl sites for hydroxylation is 1. The number of carbonyl (C=O) groups is 1. The monoisotopic (exact) mass is 232 g/mol. The van der Waals surface area contributed by atoms with Crippen molar-refractivity contribution in [3.05, 3.63) is 35.4 Å². The second kappa shape index (κ2) is 4.88. The van der Waals surface area contributed by atoms with E-state index in [4.69, 9.17) is 5.73 Å². The molecule has 1 aliphatic carbocycles. The number of hydrogen-bond acceptors (Lipinski definition) is 2. The standard InChI is InChI=1S/C14H20N2O/c1-11-5-2-3-6-12(11)9-16-13(17)14(10-15)7-4-8-14/h2-3,5-6H,4,7-10,15H2,1H3,(H,16,17). The van der Waals surface area contributed by atoms with E-state index in [1.807, 2.05) is 18.2 Å². The lowest BCUT2D eigenvalue weighted by atomic mass is 9.68. The third kappa shape index (κ3) is 2.34. The number of rotatable bonds is 4. The molecule has 0 heterocycles. The number of amides is 1. The third-order valence-electron chi connectivity index (χ3n) is 3.88. The van der Waals surface area contributed by atoms with Gasteiger partial charge in [-0.05, 0) is 30.9 Å². The first kappa shape index (κ1) is 12.1. The zero-order valence-corrected chi connectivity index (χ0v) is 10.3. The van der Waals surface area contributed by atoms with E-state index in [-0.39, 0.29) is 11.3 Å². The Bertz CT molecular complexity index is 405. The van der Waals surface area contributed by atoms with E-state index in [1.165, 1.54) is 11.1 Å². The summed E-state index contributed by atoms with van der Waals surface area (Å²) in [6.07, 6.45) is 2.99. The van der Waals surface area contributed by atoms with Crippen molar-refractivity contribution >= 4 is 5.91 Å². The minimum absolute atomic E-state index is 0.120. The van der Waals surface area contributed by atoms with Gasteiger partial charge < -0.3 is 11.1 Å². The average Bonchev–Trinajstić information content (AvgIpc) is 2.27. The van der Waals surface area contributed by atoms with Crippen LogP contribution in [0.5, 0.6) is 0 Å². The second-order valence-corrected chi connectivity index (χ2v) is 4.95. The highest BCUT2D eigenvalue weighted by Crippen LogP contribution is 2.40. The van der Waals surface area contributed by atoms with Gasteiger partial charge in [-0.25, -0.2) is 0 Å². The van der Waals surface area contributed by atoms with Crippen molar-refractivity contribution in [3.63, 3.8) is 0 Å². The molecule has 3 nitrogen and oxygen atoms in total. The molecular formula is C14H20N2O. The van der Waals surface area contributed by atoms with Gasteiger partial charge in [0.2, 0.25) is 5.91 Å². The highest BCUT2D eigenvalue weighted by atomic mass is 16.2. The molecule has 0 bridgehead atoms. The zero-order valence-electron chi connectivity index (χ0n) is 10.3. The molecule has 1 amide bonds. The van der Waals surface area contributed by atoms with E-state index in [1.54, 1.807) is 0 Å². The first-order valence-corrected chi connectivity index (χ1v) is 6.21. The highest BCUT2D eigenvalue weighted by Gasteiger charge is 2.42. The van der Waals surface area contributed by atoms with Crippen molar-refractivity contribution in [2.45, 2.75) is 32.7 Å². The molecule has 1 fully saturated rings. The maximum absolute atomic E-state index is 12.1. The Morgan fingerprint density at radius 1 is 1.41 bits per heavy atom. The van der Waals surface area contributed by atoms with Gasteiger partial charge in [0.15, 0.2) is 0 Å². The predicted octanol–water partition coefficient (Wildman–Crippen LogP) is 1.74. The van der Waals surface area contributed by atoms with Crippen LogP contribution in [0.15, 0.2) is 24.3 Å². The van der Waals surface area contributed by atoms with Crippen LogP contribution >= 0.6 is 0 Å². The Morgan fingerprint density at radius 2 is 2.12 bits per heavy atom. The Hall–Kier alpha value is -1.35. The Kier molecular flexibility index (Phi) is 3.48. The van der Waals surface area contributed by atoms with Gasteiger partial charge in [-0.2, -0.15) is 0 Å². The van der Waals surface area contributed by atoms with Crippen LogP contribution in [0, 0.1) is 12.3 Å². The molecule has 0 atom stereocenters. The minimum Gasteiger partial charge on any atom is -0.351 e. The molecule has 92 valence electrons. The van der Waals surface area contributed by atoms with Crippen molar-refractivity contribution in [1.29, 1.82) is 0 Å². The summed E-state index contributed by atoms with van der Waals surface area (Å²) in [6.45, 7) is 3.13. The molecule has 3 heteroatoms. The van der Waals surface area contributed by atoms with Gasteiger partial charge in [-0.1, -0.05) is 30.7 Å². The number of carbonyl (C=O) groups excluding carboxylic acids is 1. The van der Waals surface area contributed by atoms with Crippen LogP contribution in [0.2, 0.25) is 0 Å². The summed E-state index contributed by atoms with van der Waals surface area (Å²) in [5.74, 6) is 0.120. The van der Waals surface area contributed by atoms with Crippen LogP contribution < -0.4 is 11.1 Å². The van der Waals surface area contributed by atoms with Gasteiger partial charge in [0.25, 0.3) is 0 Å². The number of nitrogens with two attached hydrogens (primary N) is 1. The van der Waals surface area contributed by atoms with E-state index in [9.17, 15) is 4.79 Å². The van der Waals surface area contributed by atoms with Crippen molar-refractivity contribution in [1.82, 2.24) is 5.32 Å². The Labute approximate surface area is 102 Å². The quantitative estimate of drug-likeness (QED) is 0.830. The first-order chi connectivity index (χ1) is 8.18. The highest BCUT2D eigenvalue weighted by molar-refractivity contribution is 5.83. The first-order valence-electron chi connectivity index (χ1n) is 6.21. The van der Waals surface area contributed by atoms with Crippen LogP contribution in [-0.4, -0.2) is 12.5 Å². The van der Waals surface area contributed by atoms with Crippen molar-refractivity contribution < 1.29 is 4.79 Å². The second-order valence-electron chi connectivity index (χ2n) is 4.95. The average molecular weight is 232 g/mol. The van der Waals surface area contributed by atoms with Crippen molar-refractivity contribution in [2.24, 2.45) is 11.1 Å². The fourth-order valence-electron chi connectivity index (χ4n) is 2.30. The summed E-state index contributed by atoms with van der Waals surface area (Å²) >= 11 is 0. The summed E-state index contributed by atoms with van der Waals surface area (Å²) in [5, 5.41) is 3.01. The normalized spacial score (nSPS) is 17.3. The lowest BCUT2D eigenvalue weighted by Gasteiger charge is -2.39. The van der Waals surface area contributed by atoms with Crippen LogP contribution in [-0.2, 0) is 11.3 Å². The topological polar surface area (TPSA) is 55.1 Å². The molecule has 3 N–H and O–H groups in total. The SMILES string of the molecule is Cc1ccccc1CNC(=O)C1(CN)CCC1. The molecule has 0 radical (unpaired) electrons. The molecule has 0 spiro atoms. The molecule has 0 unspecified atom stereocenters. The van der Waals surface area contributed by atoms with Crippen molar-refractivity contribution in [3.8, 4) is 0 Å². The molecular weight excluding hydrogens is 212 g/mol. The number of hydrogen-bond donors (Lipinski definition) is 2. The van der Waals surface area contributed by atoms with Gasteiger partial charge in [0, 0.05) is 13.1 Å². The maximum atomic E-state index is 12.1. The molecule has 1 aromatic carbocycles. The van der Waals surface area contributed by atoms with Crippen molar-refractivity contribution in [2.75, 3.05) is 6.54 Å². The molecule has 0 aromatic heterocycles. The zero-order chi connectivity index (χ0) is 12.3. The van der Waals surface area contributed by atoms with Gasteiger partial charge in [0.05, 0.1) is 5.41 Å². The number of nitrogens with one attached hydrogen (secondary N) is 1. The van der Waals surface area contributed by atoms with Gasteiger partial charge in [0.1, 0.15) is 0 Å². The molecule has 1 saturated carbocycles. The lowest BCUT2D eigenvalue weighted by molar-refractivity contribution is -0.135. The van der Waals surface area contributed by atoms with E-state index < -0.39 is 0 Å². The van der Waals surface area contributed by atoms with Crippen LogP contribution in [0.25, 0.3) is 0 Å². The lowest BCUT2D eigenvalue weighted by Crippen LogP contribution is -2.50. The van der Waals surface area contributed by atoms with Gasteiger partial charge in [-0.3, -0.25) is 4.79 Å². The summed E-state index contributed by atoms with van der Waals surface area (Å²) in [4.78, 5) is 12.1. The summed E-state index contributed by atoms with van der Waals surface area (Å²) in [7, 11) is 0. The molecule has 17 heavy (non-hydrogen) atoms. The summed E-state index contributed by atoms with van der Waals surface area (Å²) in [6, 6.07) is 8.11. The number of benzene rings is 1. The van der Waals surface area contributed by atoms with Crippen LogP contribution in [0.3, 0.4) is 0 Å². The predicted molar refractivity (Wildman–Crippen MR) is 68.4 cm³/mol. The molecule has 1 aromatic rings. The van der Waals surface area contributed by atoms with Gasteiger partial charge >= 0.3 is 0 Å². The maximum Gasteiger partial charge on any atom is 0.227 e. The summed E-state index contributed by atoms with van der Waals surface area (Å²) in [5.41, 5.74) is 7.82. The summed E-state index contributed by atoms with van der Waals surface area (Å²) < 4.78 is 0. The van der Waals surface area contributed by atoms with Crippen LogP contribution in [0.1, 0.15) is 30.4 Å². The van der Waals surface area contributed by atoms with E-state index in [2.05, 4.69) is 18.3 Å². The van der Waals surface area contributed by atoms with Gasteiger partial charge in [-0.15, -0.1) is 0 Å². The smallest absolute Gasteiger partial charge is 0.227 e. The Morgan fingerprint density at radius 3 is 2.65 bits per heavy atom. The third-order valence-corrected chi connectivity index (χ3v) is 3.88. The Balaban J connectivity index is 1.95. The van der Waals surface area contributed by atoms with E-state index in [0.717, 1.165) is 19.3 Å². The van der Waals surface area contributed by atoms with Crippen LogP contribution in [0.4, 0.5) is 0 Å². The van der Waals surface area contributed by atoms with E-state index in [0.29, 0.717) is 13.1 Å². The molecule has 2 rings (SSSR count). The minimum atomic E-state index is -0.275. The largest absolute Gasteiger partial charge is 0.351 e. The molecule has 1 aliphatic rings. The molecule has 0 aliphatic heterocycles. The fraction of sp³-hybridized carbons (Fsp3) is 0.500.